The number of esters is 1. The summed E-state index contributed by atoms with van der Waals surface area (Å²) in [6.07, 6.45) is 0. The molecule has 0 fully saturated rings. The van der Waals surface area contributed by atoms with E-state index in [0.29, 0.717) is 5.69 Å². The van der Waals surface area contributed by atoms with E-state index in [9.17, 15) is 19.2 Å². The van der Waals surface area contributed by atoms with Crippen molar-refractivity contribution in [3.05, 3.63) is 64.2 Å². The lowest BCUT2D eigenvalue weighted by molar-refractivity contribution is -0.119. The molecule has 1 aliphatic rings. The smallest absolute Gasteiger partial charge is 0.338 e. The van der Waals surface area contributed by atoms with Crippen molar-refractivity contribution in [2.75, 3.05) is 11.9 Å². The maximum atomic E-state index is 12.4. The van der Waals surface area contributed by atoms with Gasteiger partial charge in [-0.05, 0) is 57.5 Å². The number of rotatable bonds is 5. The van der Waals surface area contributed by atoms with E-state index in [1.54, 1.807) is 19.9 Å². The molecule has 2 aromatic rings. The number of hydrogen-bond donors (Lipinski definition) is 1. The maximum absolute atomic E-state index is 12.4. The summed E-state index contributed by atoms with van der Waals surface area (Å²) in [7, 11) is 0. The molecule has 0 bridgehead atoms. The largest absolute Gasteiger partial charge is 0.452 e. The van der Waals surface area contributed by atoms with Gasteiger partial charge in [0.2, 0.25) is 0 Å². The number of imide groups is 1. The Morgan fingerprint density at radius 2 is 1.69 bits per heavy atom. The van der Waals surface area contributed by atoms with Crippen LogP contribution in [0.25, 0.3) is 0 Å². The maximum Gasteiger partial charge on any atom is 0.338 e. The van der Waals surface area contributed by atoms with Crippen molar-refractivity contribution in [1.82, 2.24) is 4.90 Å². The zero-order chi connectivity index (χ0) is 21.3. The predicted molar refractivity (Wildman–Crippen MR) is 107 cm³/mol. The van der Waals surface area contributed by atoms with Gasteiger partial charge in [0.1, 0.15) is 0 Å². The molecule has 3 amide bonds. The summed E-state index contributed by atoms with van der Waals surface area (Å²) in [5, 5.41) is 2.70. The van der Waals surface area contributed by atoms with Gasteiger partial charge in [-0.15, -0.1) is 0 Å². The number of carbonyl (C=O) groups excluding carboxylic acids is 4. The summed E-state index contributed by atoms with van der Waals surface area (Å²) in [4.78, 5) is 50.3. The molecule has 7 heteroatoms. The summed E-state index contributed by atoms with van der Waals surface area (Å²) in [5.74, 6) is -2.04. The van der Waals surface area contributed by atoms with Crippen LogP contribution in [0.4, 0.5) is 5.69 Å². The molecular formula is C22H22N2O5. The quantitative estimate of drug-likeness (QED) is 0.621. The van der Waals surface area contributed by atoms with Gasteiger partial charge in [0.15, 0.2) is 6.61 Å². The van der Waals surface area contributed by atoms with Crippen molar-refractivity contribution < 1.29 is 23.9 Å². The molecule has 0 saturated carbocycles. The molecule has 0 unspecified atom stereocenters. The van der Waals surface area contributed by atoms with Crippen LogP contribution in [0.2, 0.25) is 0 Å². The number of amides is 3. The SMILES string of the molecule is Cc1ccc(NC(=O)COC(=O)c2ccc3c(c2)C(=O)N(C(C)C)C3=O)c(C)c1. The molecule has 0 aliphatic carbocycles. The minimum Gasteiger partial charge on any atom is -0.452 e. The number of carbonyl (C=O) groups is 4. The third-order valence-corrected chi connectivity index (χ3v) is 4.66. The fourth-order valence-electron chi connectivity index (χ4n) is 3.21. The summed E-state index contributed by atoms with van der Waals surface area (Å²) < 4.78 is 5.06. The Bertz CT molecular complexity index is 1030. The molecule has 1 aliphatic heterocycles. The number of ether oxygens (including phenoxy) is 1. The molecule has 0 saturated heterocycles. The second-order valence-electron chi connectivity index (χ2n) is 7.28. The van der Waals surface area contributed by atoms with Crippen LogP contribution in [0.3, 0.4) is 0 Å². The van der Waals surface area contributed by atoms with E-state index in [4.69, 9.17) is 4.74 Å². The Hall–Kier alpha value is -3.48. The first-order valence-electron chi connectivity index (χ1n) is 9.25. The van der Waals surface area contributed by atoms with E-state index in [-0.39, 0.29) is 28.6 Å². The van der Waals surface area contributed by atoms with Crippen LogP contribution >= 0.6 is 0 Å². The number of anilines is 1. The standard InChI is InChI=1S/C22H22N2O5/c1-12(2)24-20(26)16-7-6-15(10-17(16)21(24)27)22(28)29-11-19(25)23-18-8-5-13(3)9-14(18)4/h5-10,12H,11H2,1-4H3,(H,23,25). The molecule has 29 heavy (non-hydrogen) atoms. The van der Waals surface area contributed by atoms with Gasteiger partial charge in [-0.3, -0.25) is 19.3 Å². The van der Waals surface area contributed by atoms with E-state index >= 15 is 0 Å². The number of fused-ring (bicyclic) bond motifs is 1. The van der Waals surface area contributed by atoms with E-state index in [0.717, 1.165) is 16.0 Å². The van der Waals surface area contributed by atoms with Crippen molar-refractivity contribution >= 4 is 29.4 Å². The molecule has 0 radical (unpaired) electrons. The highest BCUT2D eigenvalue weighted by Crippen LogP contribution is 2.26. The van der Waals surface area contributed by atoms with Gasteiger partial charge >= 0.3 is 5.97 Å². The van der Waals surface area contributed by atoms with E-state index < -0.39 is 24.4 Å². The highest BCUT2D eigenvalue weighted by molar-refractivity contribution is 6.22. The van der Waals surface area contributed by atoms with Crippen LogP contribution in [-0.2, 0) is 9.53 Å². The van der Waals surface area contributed by atoms with E-state index in [2.05, 4.69) is 5.32 Å². The van der Waals surface area contributed by atoms with Crippen molar-refractivity contribution in [2.45, 2.75) is 33.7 Å². The van der Waals surface area contributed by atoms with Gasteiger partial charge in [-0.25, -0.2) is 4.79 Å². The lowest BCUT2D eigenvalue weighted by atomic mass is 10.1. The van der Waals surface area contributed by atoms with Gasteiger partial charge in [-0.2, -0.15) is 0 Å². The van der Waals surface area contributed by atoms with Crippen molar-refractivity contribution in [1.29, 1.82) is 0 Å². The molecule has 0 spiro atoms. The highest BCUT2D eigenvalue weighted by atomic mass is 16.5. The minimum atomic E-state index is -0.744. The summed E-state index contributed by atoms with van der Waals surface area (Å²) in [6, 6.07) is 9.49. The normalized spacial score (nSPS) is 12.9. The monoisotopic (exact) mass is 394 g/mol. The van der Waals surface area contributed by atoms with Crippen LogP contribution < -0.4 is 5.32 Å². The fourth-order valence-corrected chi connectivity index (χ4v) is 3.21. The van der Waals surface area contributed by atoms with Gasteiger partial charge in [0.25, 0.3) is 17.7 Å². The number of nitrogens with one attached hydrogen (secondary N) is 1. The summed E-state index contributed by atoms with van der Waals surface area (Å²) in [5.41, 5.74) is 3.15. The fraction of sp³-hybridized carbons (Fsp3) is 0.273. The molecule has 0 atom stereocenters. The number of hydrogen-bond acceptors (Lipinski definition) is 5. The third kappa shape index (κ3) is 4.03. The topological polar surface area (TPSA) is 92.8 Å². The molecular weight excluding hydrogens is 372 g/mol. The number of aryl methyl sites for hydroxylation is 2. The van der Waals surface area contributed by atoms with Crippen molar-refractivity contribution in [3.63, 3.8) is 0 Å². The second kappa shape index (κ2) is 7.87. The Morgan fingerprint density at radius 3 is 2.34 bits per heavy atom. The highest BCUT2D eigenvalue weighted by Gasteiger charge is 2.37. The zero-order valence-electron chi connectivity index (χ0n) is 16.7. The Kier molecular flexibility index (Phi) is 5.50. The van der Waals surface area contributed by atoms with Crippen LogP contribution in [0.1, 0.15) is 56.0 Å². The Morgan fingerprint density at radius 1 is 1.00 bits per heavy atom. The predicted octanol–water partition coefficient (Wildman–Crippen LogP) is 3.10. The summed E-state index contributed by atoms with van der Waals surface area (Å²) >= 11 is 0. The number of benzene rings is 2. The first-order chi connectivity index (χ1) is 13.7. The van der Waals surface area contributed by atoms with E-state index in [1.807, 2.05) is 26.0 Å². The van der Waals surface area contributed by atoms with Crippen molar-refractivity contribution in [2.24, 2.45) is 0 Å². The Balaban J connectivity index is 1.66. The first kappa shape index (κ1) is 20.3. The molecule has 2 aromatic carbocycles. The lowest BCUT2D eigenvalue weighted by Crippen LogP contribution is -2.35. The second-order valence-corrected chi connectivity index (χ2v) is 7.28. The van der Waals surface area contributed by atoms with Gasteiger partial charge in [0, 0.05) is 11.7 Å². The molecule has 3 rings (SSSR count). The van der Waals surface area contributed by atoms with Crippen LogP contribution in [-0.4, -0.2) is 41.2 Å². The van der Waals surface area contributed by atoms with Crippen LogP contribution in [0.5, 0.6) is 0 Å². The van der Waals surface area contributed by atoms with Gasteiger partial charge in [0.05, 0.1) is 16.7 Å². The summed E-state index contributed by atoms with van der Waals surface area (Å²) in [6.45, 7) is 6.85. The molecule has 1 N–H and O–H groups in total. The average Bonchev–Trinajstić information content (AvgIpc) is 2.92. The van der Waals surface area contributed by atoms with Gasteiger partial charge in [-0.1, -0.05) is 17.7 Å². The van der Waals surface area contributed by atoms with Crippen LogP contribution in [0, 0.1) is 13.8 Å². The minimum absolute atomic E-state index is 0.106. The molecule has 150 valence electrons. The first-order valence-corrected chi connectivity index (χ1v) is 9.25. The molecule has 0 aromatic heterocycles. The zero-order valence-corrected chi connectivity index (χ0v) is 16.7. The Labute approximate surface area is 168 Å². The van der Waals surface area contributed by atoms with Crippen molar-refractivity contribution in [3.8, 4) is 0 Å². The molecule has 1 heterocycles. The molecule has 7 nitrogen and oxygen atoms in total. The third-order valence-electron chi connectivity index (χ3n) is 4.66. The van der Waals surface area contributed by atoms with Gasteiger partial charge < -0.3 is 10.1 Å². The lowest BCUT2D eigenvalue weighted by Gasteiger charge is -2.17. The number of nitrogens with zero attached hydrogens (tertiary/aromatic N) is 1. The average molecular weight is 394 g/mol. The van der Waals surface area contributed by atoms with E-state index in [1.165, 1.54) is 18.2 Å². The van der Waals surface area contributed by atoms with Crippen LogP contribution in [0.15, 0.2) is 36.4 Å².